The fourth-order valence-corrected chi connectivity index (χ4v) is 3.25. The number of hydrogen-bond acceptors (Lipinski definition) is 5. The van der Waals surface area contributed by atoms with Crippen LogP contribution in [0.3, 0.4) is 0 Å². The fourth-order valence-electron chi connectivity index (χ4n) is 3.25. The molecule has 3 atom stereocenters. The van der Waals surface area contributed by atoms with Gasteiger partial charge in [0.1, 0.15) is 12.1 Å². The van der Waals surface area contributed by atoms with Crippen molar-refractivity contribution in [2.75, 3.05) is 26.7 Å². The van der Waals surface area contributed by atoms with E-state index in [2.05, 4.69) is 0 Å². The first-order chi connectivity index (χ1) is 10.7. The lowest BCUT2D eigenvalue weighted by molar-refractivity contribution is -0.153. The number of carbonyl (C=O) groups excluding carboxylic acids is 2. The molecular weight excluding hydrogens is 300 g/mol. The van der Waals surface area contributed by atoms with Crippen LogP contribution in [0, 0.1) is 11.8 Å². The molecule has 23 heavy (non-hydrogen) atoms. The molecule has 2 aliphatic rings. The molecule has 2 unspecified atom stereocenters. The van der Waals surface area contributed by atoms with Crippen molar-refractivity contribution in [3.05, 3.63) is 0 Å². The molecule has 2 amide bonds. The average Bonchev–Trinajstić information content (AvgIpc) is 3.22. The number of nitrogens with two attached hydrogens (primary N) is 1. The van der Waals surface area contributed by atoms with Crippen molar-refractivity contribution in [1.29, 1.82) is 0 Å². The third-order valence-corrected chi connectivity index (χ3v) is 4.74. The summed E-state index contributed by atoms with van der Waals surface area (Å²) in [5.41, 5.74) is 0. The summed E-state index contributed by atoms with van der Waals surface area (Å²) in [5.74, 6) is 4.06. The van der Waals surface area contributed by atoms with Crippen LogP contribution in [0.4, 0.5) is 0 Å². The lowest BCUT2D eigenvalue weighted by Crippen LogP contribution is -2.50. The van der Waals surface area contributed by atoms with Crippen LogP contribution in [-0.2, 0) is 14.4 Å². The highest BCUT2D eigenvalue weighted by atomic mass is 16.4. The van der Waals surface area contributed by atoms with Crippen LogP contribution >= 0.6 is 0 Å². The second kappa shape index (κ2) is 6.84. The van der Waals surface area contributed by atoms with E-state index in [0.717, 1.165) is 0 Å². The van der Waals surface area contributed by atoms with Crippen LogP contribution in [0.2, 0.25) is 0 Å². The number of carboxylic acids is 1. The highest BCUT2D eigenvalue weighted by Gasteiger charge is 2.42. The third kappa shape index (κ3) is 3.81. The molecule has 2 heterocycles. The Morgan fingerprint density at radius 1 is 1.22 bits per heavy atom. The molecule has 130 valence electrons. The zero-order valence-electron chi connectivity index (χ0n) is 13.9. The first-order valence-corrected chi connectivity index (χ1v) is 8.03. The number of nitrogens with zero attached hydrogens (tertiary/aromatic N) is 3. The van der Waals surface area contributed by atoms with Gasteiger partial charge in [-0.05, 0) is 18.8 Å². The van der Waals surface area contributed by atoms with Crippen LogP contribution in [0.15, 0.2) is 0 Å². The first kappa shape index (κ1) is 17.7. The maximum absolute atomic E-state index is 12.6. The lowest BCUT2D eigenvalue weighted by Gasteiger charge is -2.35. The molecule has 2 saturated heterocycles. The van der Waals surface area contributed by atoms with E-state index in [1.54, 1.807) is 25.8 Å². The number of likely N-dealkylation sites (tertiary alicyclic amines) is 1. The third-order valence-electron chi connectivity index (χ3n) is 4.74. The number of carboxylic acid groups (broad SMARTS) is 1. The number of aliphatic carboxylic acids is 1. The number of likely N-dealkylation sites (N-methyl/N-ethyl adjacent to an activating group) is 1. The van der Waals surface area contributed by atoms with Crippen molar-refractivity contribution in [2.45, 2.75) is 38.8 Å². The Kier molecular flexibility index (Phi) is 5.26. The van der Waals surface area contributed by atoms with Crippen LogP contribution in [-0.4, -0.2) is 76.5 Å². The van der Waals surface area contributed by atoms with Crippen LogP contribution < -0.4 is 5.84 Å². The van der Waals surface area contributed by atoms with Gasteiger partial charge in [-0.3, -0.25) is 15.4 Å². The first-order valence-electron chi connectivity index (χ1n) is 8.03. The van der Waals surface area contributed by atoms with E-state index in [-0.39, 0.29) is 29.7 Å². The lowest BCUT2D eigenvalue weighted by atomic mass is 9.93. The Hall–Kier alpha value is -1.67. The molecule has 0 aromatic carbocycles. The Bertz CT molecular complexity index is 488. The number of amides is 2. The van der Waals surface area contributed by atoms with Gasteiger partial charge in [0.05, 0.1) is 0 Å². The molecule has 3 N–H and O–H groups in total. The van der Waals surface area contributed by atoms with Crippen LogP contribution in [0.5, 0.6) is 0 Å². The van der Waals surface area contributed by atoms with Crippen LogP contribution in [0.25, 0.3) is 0 Å². The second-order valence-electron chi connectivity index (χ2n) is 6.79. The SMILES string of the molecule is CC(C)C(C(=O)O)N(C)C(=O)C1CCN(C(=O)[C@H]2CN2N)CC1. The van der Waals surface area contributed by atoms with Gasteiger partial charge in [0.15, 0.2) is 0 Å². The Labute approximate surface area is 136 Å². The van der Waals surface area contributed by atoms with Gasteiger partial charge in [-0.1, -0.05) is 13.8 Å². The highest BCUT2D eigenvalue weighted by molar-refractivity contribution is 5.86. The molecule has 0 spiro atoms. The summed E-state index contributed by atoms with van der Waals surface area (Å²) < 4.78 is 0. The van der Waals surface area contributed by atoms with Crippen molar-refractivity contribution >= 4 is 17.8 Å². The Balaban J connectivity index is 1.90. The molecule has 2 aliphatic heterocycles. The number of rotatable bonds is 5. The zero-order chi connectivity index (χ0) is 17.3. The standard InChI is InChI=1S/C15H26N4O4/c1-9(2)12(15(22)23)17(3)13(20)10-4-6-18(7-5-10)14(21)11-8-19(11)16/h9-12H,4-8,16H2,1-3H3,(H,22,23)/t11-,12?,19?/m1/s1. The molecule has 8 nitrogen and oxygen atoms in total. The molecule has 2 rings (SSSR count). The fraction of sp³-hybridized carbons (Fsp3) is 0.800. The van der Waals surface area contributed by atoms with Gasteiger partial charge in [-0.2, -0.15) is 0 Å². The minimum absolute atomic E-state index is 0.0253. The zero-order valence-corrected chi connectivity index (χ0v) is 13.9. The number of hydrazine groups is 1. The van der Waals surface area contributed by atoms with Crippen molar-refractivity contribution in [1.82, 2.24) is 14.8 Å². The molecule has 0 aromatic rings. The summed E-state index contributed by atoms with van der Waals surface area (Å²) in [6, 6.07) is -1.03. The summed E-state index contributed by atoms with van der Waals surface area (Å²) in [4.78, 5) is 39.1. The largest absolute Gasteiger partial charge is 0.480 e. The van der Waals surface area contributed by atoms with Gasteiger partial charge < -0.3 is 14.9 Å². The molecule has 0 aliphatic carbocycles. The summed E-state index contributed by atoms with van der Waals surface area (Å²) in [5, 5.41) is 10.8. The summed E-state index contributed by atoms with van der Waals surface area (Å²) >= 11 is 0. The molecular formula is C15H26N4O4. The molecule has 0 saturated carbocycles. The summed E-state index contributed by atoms with van der Waals surface area (Å²) in [7, 11) is 1.55. The van der Waals surface area contributed by atoms with E-state index in [0.29, 0.717) is 32.5 Å². The number of carbonyl (C=O) groups is 3. The Morgan fingerprint density at radius 2 is 1.74 bits per heavy atom. The molecule has 0 bridgehead atoms. The minimum Gasteiger partial charge on any atom is -0.480 e. The van der Waals surface area contributed by atoms with E-state index in [9.17, 15) is 19.5 Å². The maximum Gasteiger partial charge on any atom is 0.326 e. The summed E-state index contributed by atoms with van der Waals surface area (Å²) in [6.45, 7) is 5.21. The van der Waals surface area contributed by atoms with E-state index in [1.165, 1.54) is 9.91 Å². The second-order valence-corrected chi connectivity index (χ2v) is 6.79. The van der Waals surface area contributed by atoms with Crippen LogP contribution in [0.1, 0.15) is 26.7 Å². The van der Waals surface area contributed by atoms with Gasteiger partial charge in [-0.25, -0.2) is 9.80 Å². The quantitative estimate of drug-likeness (QED) is 0.514. The van der Waals surface area contributed by atoms with Gasteiger partial charge in [0.2, 0.25) is 11.8 Å². The average molecular weight is 326 g/mol. The monoisotopic (exact) mass is 326 g/mol. The van der Waals surface area contributed by atoms with Gasteiger partial charge in [-0.15, -0.1) is 0 Å². The van der Waals surface area contributed by atoms with E-state index >= 15 is 0 Å². The van der Waals surface area contributed by atoms with Crippen molar-refractivity contribution in [3.63, 3.8) is 0 Å². The van der Waals surface area contributed by atoms with Gasteiger partial charge in [0, 0.05) is 32.6 Å². The maximum atomic E-state index is 12.6. The van der Waals surface area contributed by atoms with Crippen molar-refractivity contribution in [3.8, 4) is 0 Å². The number of hydrogen-bond donors (Lipinski definition) is 2. The minimum atomic E-state index is -0.986. The predicted molar refractivity (Wildman–Crippen MR) is 83.0 cm³/mol. The molecule has 0 radical (unpaired) electrons. The Morgan fingerprint density at radius 3 is 2.13 bits per heavy atom. The highest BCUT2D eigenvalue weighted by Crippen LogP contribution is 2.24. The van der Waals surface area contributed by atoms with Gasteiger partial charge >= 0.3 is 5.97 Å². The summed E-state index contributed by atoms with van der Waals surface area (Å²) in [6.07, 6.45) is 1.13. The van der Waals surface area contributed by atoms with E-state index in [4.69, 9.17) is 5.84 Å². The van der Waals surface area contributed by atoms with Crippen molar-refractivity contribution < 1.29 is 19.5 Å². The molecule has 2 fully saturated rings. The van der Waals surface area contributed by atoms with E-state index in [1.807, 2.05) is 0 Å². The molecule has 0 aromatic heterocycles. The smallest absolute Gasteiger partial charge is 0.326 e. The normalized spacial score (nSPS) is 26.0. The number of piperidine rings is 1. The predicted octanol–water partition coefficient (Wildman–Crippen LogP) is -0.649. The van der Waals surface area contributed by atoms with Gasteiger partial charge in [0.25, 0.3) is 0 Å². The molecule has 8 heteroatoms. The van der Waals surface area contributed by atoms with Crippen molar-refractivity contribution in [2.24, 2.45) is 17.7 Å². The van der Waals surface area contributed by atoms with E-state index < -0.39 is 12.0 Å². The topological polar surface area (TPSA) is 107 Å².